The van der Waals surface area contributed by atoms with E-state index in [1.807, 2.05) is 33.8 Å². The van der Waals surface area contributed by atoms with Gasteiger partial charge in [-0.05, 0) is 30.3 Å². The predicted molar refractivity (Wildman–Crippen MR) is 80.4 cm³/mol. The molecule has 1 heterocycles. The lowest BCUT2D eigenvalue weighted by molar-refractivity contribution is 0.259. The summed E-state index contributed by atoms with van der Waals surface area (Å²) in [4.78, 5) is 0. The molecule has 1 saturated heterocycles. The number of allylic oxidation sites excluding steroid dienone is 5. The third-order valence-electron chi connectivity index (χ3n) is 2.85. The van der Waals surface area contributed by atoms with E-state index in [9.17, 15) is 5.02 Å². The Morgan fingerprint density at radius 2 is 1.89 bits per heavy atom. The summed E-state index contributed by atoms with van der Waals surface area (Å²) >= 11 is 0. The Labute approximate surface area is 113 Å². The second-order valence-electron chi connectivity index (χ2n) is 3.71. The lowest BCUT2D eigenvalue weighted by Gasteiger charge is -2.20. The minimum absolute atomic E-state index is 0.631. The van der Waals surface area contributed by atoms with E-state index < -0.39 is 7.12 Å². The van der Waals surface area contributed by atoms with E-state index in [1.165, 1.54) is 11.1 Å². The summed E-state index contributed by atoms with van der Waals surface area (Å²) < 4.78 is 5.19. The molecule has 0 saturated carbocycles. The minimum Gasteiger partial charge on any atom is -0.423 e. The van der Waals surface area contributed by atoms with Gasteiger partial charge in [-0.25, -0.2) is 0 Å². The van der Waals surface area contributed by atoms with E-state index in [4.69, 9.17) is 4.65 Å². The van der Waals surface area contributed by atoms with Gasteiger partial charge in [0, 0.05) is 6.61 Å². The van der Waals surface area contributed by atoms with Gasteiger partial charge in [-0.1, -0.05) is 58.4 Å². The zero-order valence-electron chi connectivity index (χ0n) is 12.5. The van der Waals surface area contributed by atoms with Crippen LogP contribution < -0.4 is 0 Å². The van der Waals surface area contributed by atoms with Crippen LogP contribution in [0, 0.1) is 0 Å². The third kappa shape index (κ3) is 4.83. The van der Waals surface area contributed by atoms with Crippen molar-refractivity contribution in [3.8, 4) is 0 Å². The number of hydrogen-bond donors (Lipinski definition) is 1. The standard InChI is InChI=1S/C11H15BO2.2C2H6/c1-2-9-3-5-10-7-8-14-12(13)11(10)6-4-9;2*1-2/h4-6,13H,2-3,7-8H2,1H3;2*1-2H3. The summed E-state index contributed by atoms with van der Waals surface area (Å²) in [5.41, 5.74) is 3.61. The van der Waals surface area contributed by atoms with Crippen molar-refractivity contribution >= 4 is 7.12 Å². The van der Waals surface area contributed by atoms with Crippen molar-refractivity contribution in [1.82, 2.24) is 0 Å². The van der Waals surface area contributed by atoms with Crippen LogP contribution in [-0.2, 0) is 4.65 Å². The first-order valence-corrected chi connectivity index (χ1v) is 7.20. The third-order valence-corrected chi connectivity index (χ3v) is 2.85. The average molecular weight is 250 g/mol. The SMILES string of the molecule is CC.CC.CCC1=CC=C2B(O)OCCC2=CC1. The summed E-state index contributed by atoms with van der Waals surface area (Å²) in [5, 5.41) is 9.63. The Hall–Kier alpha value is -0.795. The highest BCUT2D eigenvalue weighted by Crippen LogP contribution is 2.27. The van der Waals surface area contributed by atoms with E-state index in [1.54, 1.807) is 0 Å². The molecule has 0 bridgehead atoms. The fourth-order valence-electron chi connectivity index (χ4n) is 1.87. The highest BCUT2D eigenvalue weighted by Gasteiger charge is 2.27. The van der Waals surface area contributed by atoms with Crippen LogP contribution in [-0.4, -0.2) is 18.7 Å². The van der Waals surface area contributed by atoms with Crippen molar-refractivity contribution in [3.63, 3.8) is 0 Å². The molecule has 2 rings (SSSR count). The average Bonchev–Trinajstić information content (AvgIpc) is 2.66. The zero-order chi connectivity index (χ0) is 14.0. The van der Waals surface area contributed by atoms with E-state index in [-0.39, 0.29) is 0 Å². The molecule has 0 spiro atoms. The van der Waals surface area contributed by atoms with Gasteiger partial charge in [-0.15, -0.1) is 0 Å². The van der Waals surface area contributed by atoms with Crippen molar-refractivity contribution in [3.05, 3.63) is 34.8 Å². The molecule has 3 heteroatoms. The monoisotopic (exact) mass is 250 g/mol. The quantitative estimate of drug-likeness (QED) is 0.711. The van der Waals surface area contributed by atoms with Crippen LogP contribution in [0.25, 0.3) is 0 Å². The van der Waals surface area contributed by atoms with E-state index in [0.717, 1.165) is 24.7 Å². The Morgan fingerprint density at radius 1 is 1.22 bits per heavy atom. The molecule has 1 aliphatic carbocycles. The smallest absolute Gasteiger partial charge is 0.423 e. The largest absolute Gasteiger partial charge is 0.491 e. The Balaban J connectivity index is 0.000000659. The van der Waals surface area contributed by atoms with Crippen LogP contribution in [0.15, 0.2) is 34.8 Å². The van der Waals surface area contributed by atoms with Gasteiger partial charge in [0.25, 0.3) is 0 Å². The van der Waals surface area contributed by atoms with Gasteiger partial charge in [0.15, 0.2) is 0 Å². The molecule has 0 atom stereocenters. The fourth-order valence-corrected chi connectivity index (χ4v) is 1.87. The molecular weight excluding hydrogens is 223 g/mol. The lowest BCUT2D eigenvalue weighted by Crippen LogP contribution is -2.28. The van der Waals surface area contributed by atoms with Crippen molar-refractivity contribution in [2.45, 2.75) is 53.9 Å². The summed E-state index contributed by atoms with van der Waals surface area (Å²) in [6.07, 6.45) is 9.34. The molecule has 2 nitrogen and oxygen atoms in total. The summed E-state index contributed by atoms with van der Waals surface area (Å²) in [7, 11) is -0.720. The van der Waals surface area contributed by atoms with E-state index >= 15 is 0 Å². The Bertz CT molecular complexity index is 316. The summed E-state index contributed by atoms with van der Waals surface area (Å²) in [5.74, 6) is 0. The first kappa shape index (κ1) is 17.2. The van der Waals surface area contributed by atoms with Crippen LogP contribution in [0.2, 0.25) is 0 Å². The molecule has 102 valence electrons. The first-order valence-electron chi connectivity index (χ1n) is 7.20. The van der Waals surface area contributed by atoms with Crippen LogP contribution in [0.4, 0.5) is 0 Å². The topological polar surface area (TPSA) is 29.5 Å². The minimum atomic E-state index is -0.720. The molecule has 0 aromatic heterocycles. The van der Waals surface area contributed by atoms with Gasteiger partial charge < -0.3 is 9.68 Å². The van der Waals surface area contributed by atoms with E-state index in [2.05, 4.69) is 19.1 Å². The number of hydrogen-bond acceptors (Lipinski definition) is 2. The maximum absolute atomic E-state index is 9.63. The summed E-state index contributed by atoms with van der Waals surface area (Å²) in [6, 6.07) is 0. The second-order valence-corrected chi connectivity index (χ2v) is 3.71. The Kier molecular flexibility index (Phi) is 9.71. The van der Waals surface area contributed by atoms with Crippen LogP contribution in [0.1, 0.15) is 53.9 Å². The van der Waals surface area contributed by atoms with Crippen molar-refractivity contribution in [2.75, 3.05) is 6.61 Å². The van der Waals surface area contributed by atoms with Gasteiger partial charge in [-0.3, -0.25) is 0 Å². The molecular formula is C15H27BO2. The maximum atomic E-state index is 9.63. The molecule has 1 aliphatic heterocycles. The number of fused-ring (bicyclic) bond motifs is 1. The molecule has 0 aromatic rings. The predicted octanol–water partition coefficient (Wildman–Crippen LogP) is 4.07. The molecule has 0 aromatic carbocycles. The van der Waals surface area contributed by atoms with Gasteiger partial charge in [0.1, 0.15) is 0 Å². The lowest BCUT2D eigenvalue weighted by atomic mass is 9.71. The first-order chi connectivity index (χ1) is 8.81. The second kappa shape index (κ2) is 10.2. The van der Waals surface area contributed by atoms with Crippen molar-refractivity contribution in [2.24, 2.45) is 0 Å². The van der Waals surface area contributed by atoms with Crippen molar-refractivity contribution in [1.29, 1.82) is 0 Å². The van der Waals surface area contributed by atoms with Crippen LogP contribution in [0.3, 0.4) is 0 Å². The van der Waals surface area contributed by atoms with Gasteiger partial charge in [-0.2, -0.15) is 0 Å². The van der Waals surface area contributed by atoms with Gasteiger partial charge >= 0.3 is 7.12 Å². The summed E-state index contributed by atoms with van der Waals surface area (Å²) in [6.45, 7) is 10.8. The molecule has 1 fully saturated rings. The molecule has 2 aliphatic rings. The van der Waals surface area contributed by atoms with Crippen molar-refractivity contribution < 1.29 is 9.68 Å². The molecule has 0 amide bonds. The fraction of sp³-hybridized carbons (Fsp3) is 0.600. The molecule has 1 N–H and O–H groups in total. The van der Waals surface area contributed by atoms with Gasteiger partial charge in [0.2, 0.25) is 0 Å². The zero-order valence-corrected chi connectivity index (χ0v) is 12.5. The highest BCUT2D eigenvalue weighted by atomic mass is 16.5. The Morgan fingerprint density at radius 3 is 2.50 bits per heavy atom. The number of rotatable bonds is 1. The molecule has 18 heavy (non-hydrogen) atoms. The molecule has 0 radical (unpaired) electrons. The normalized spacial score (nSPS) is 17.7. The van der Waals surface area contributed by atoms with E-state index in [0.29, 0.717) is 6.61 Å². The highest BCUT2D eigenvalue weighted by molar-refractivity contribution is 6.54. The maximum Gasteiger partial charge on any atom is 0.491 e. The van der Waals surface area contributed by atoms with Crippen LogP contribution in [0.5, 0.6) is 0 Å². The molecule has 0 unspecified atom stereocenters. The van der Waals surface area contributed by atoms with Crippen LogP contribution >= 0.6 is 0 Å². The van der Waals surface area contributed by atoms with Gasteiger partial charge in [0.05, 0.1) is 0 Å².